The van der Waals surface area contributed by atoms with E-state index in [1.807, 2.05) is 0 Å². The predicted molar refractivity (Wildman–Crippen MR) is 62.3 cm³/mol. The molecule has 2 rings (SSSR count). The quantitative estimate of drug-likeness (QED) is 0.735. The third-order valence-corrected chi connectivity index (χ3v) is 2.81. The first kappa shape index (κ1) is 13.3. The van der Waals surface area contributed by atoms with Crippen molar-refractivity contribution >= 4 is 17.4 Å². The van der Waals surface area contributed by atoms with Gasteiger partial charge in [-0.25, -0.2) is 0 Å². The van der Waals surface area contributed by atoms with Crippen molar-refractivity contribution in [2.75, 3.05) is 4.90 Å². The molecule has 6 heteroatoms. The summed E-state index contributed by atoms with van der Waals surface area (Å²) in [5.41, 5.74) is -0.367. The van der Waals surface area contributed by atoms with Crippen LogP contribution in [0, 0.1) is 0 Å². The van der Waals surface area contributed by atoms with Crippen molar-refractivity contribution in [2.45, 2.75) is 19.5 Å². The van der Waals surface area contributed by atoms with Gasteiger partial charge < -0.3 is 0 Å². The van der Waals surface area contributed by atoms with Crippen molar-refractivity contribution in [2.24, 2.45) is 0 Å². The first-order chi connectivity index (χ1) is 8.80. The molecule has 1 aliphatic heterocycles. The van der Waals surface area contributed by atoms with Crippen molar-refractivity contribution < 1.29 is 22.8 Å². The Balaban J connectivity index is 2.47. The molecule has 0 saturated heterocycles. The van der Waals surface area contributed by atoms with Gasteiger partial charge >= 0.3 is 6.18 Å². The Morgan fingerprint density at radius 3 is 2.53 bits per heavy atom. The minimum Gasteiger partial charge on any atom is -0.288 e. The van der Waals surface area contributed by atoms with Gasteiger partial charge in [0, 0.05) is 17.8 Å². The monoisotopic (exact) mass is 269 g/mol. The summed E-state index contributed by atoms with van der Waals surface area (Å²) >= 11 is 0. The van der Waals surface area contributed by atoms with E-state index < -0.39 is 23.4 Å². The van der Waals surface area contributed by atoms with Gasteiger partial charge in [0.25, 0.3) is 5.91 Å². The first-order valence-corrected chi connectivity index (χ1v) is 5.52. The van der Waals surface area contributed by atoms with Crippen LogP contribution in [-0.2, 0) is 15.8 Å². The Hall–Kier alpha value is -2.11. The van der Waals surface area contributed by atoms with Crippen LogP contribution >= 0.6 is 0 Å². The van der Waals surface area contributed by atoms with Gasteiger partial charge in [-0.2, -0.15) is 13.2 Å². The summed E-state index contributed by atoms with van der Waals surface area (Å²) in [6.45, 7) is 1.57. The second kappa shape index (κ2) is 4.53. The Bertz CT molecular complexity index is 575. The number of Topliss-reactive ketones (excluding diaryl/α,β-unsaturated/α-hetero) is 1. The number of halogens is 3. The average molecular weight is 269 g/mol. The van der Waals surface area contributed by atoms with Crippen molar-refractivity contribution in [1.29, 1.82) is 0 Å². The van der Waals surface area contributed by atoms with Crippen molar-refractivity contribution in [3.8, 4) is 0 Å². The van der Waals surface area contributed by atoms with Crippen LogP contribution < -0.4 is 4.90 Å². The van der Waals surface area contributed by atoms with Crippen LogP contribution in [0.2, 0.25) is 0 Å². The maximum atomic E-state index is 12.6. The summed E-state index contributed by atoms with van der Waals surface area (Å²) in [6, 6.07) is 4.34. The number of nitrogens with zero attached hydrogens (tertiary/aromatic N) is 1. The maximum absolute atomic E-state index is 12.6. The number of rotatable bonds is 1. The normalized spacial score (nSPS) is 16.6. The van der Waals surface area contributed by atoms with Crippen LogP contribution in [0.5, 0.6) is 0 Å². The molecule has 19 heavy (non-hydrogen) atoms. The van der Waals surface area contributed by atoms with E-state index in [0.717, 1.165) is 17.0 Å². The first-order valence-electron chi connectivity index (χ1n) is 5.52. The molecule has 100 valence electrons. The molecule has 1 aromatic carbocycles. The number of hydrogen-bond acceptors (Lipinski definition) is 2. The van der Waals surface area contributed by atoms with E-state index in [2.05, 4.69) is 0 Å². The highest BCUT2D eigenvalue weighted by Crippen LogP contribution is 2.33. The standard InChI is InChI=1S/C13H10F3NO2/c1-8-5-6-11(18)12(19)17(8)10-4-2-3-9(7-10)13(14,15)16/h2-5,7H,6H2,1H3. The van der Waals surface area contributed by atoms with Crippen LogP contribution in [0.1, 0.15) is 18.9 Å². The SMILES string of the molecule is CC1=CCC(=O)C(=O)N1c1cccc(C(F)(F)F)c1. The molecule has 0 atom stereocenters. The molecule has 1 amide bonds. The number of carbonyl (C=O) groups excluding carboxylic acids is 2. The van der Waals surface area contributed by atoms with Gasteiger partial charge in [0.2, 0.25) is 5.78 Å². The summed E-state index contributed by atoms with van der Waals surface area (Å²) in [6.07, 6.45) is -2.99. The summed E-state index contributed by atoms with van der Waals surface area (Å²) in [5.74, 6) is -1.44. The largest absolute Gasteiger partial charge is 0.416 e. The fourth-order valence-electron chi connectivity index (χ4n) is 1.85. The molecule has 0 fully saturated rings. The minimum absolute atomic E-state index is 0.0138. The zero-order valence-electron chi connectivity index (χ0n) is 9.99. The lowest BCUT2D eigenvalue weighted by Crippen LogP contribution is -2.38. The third kappa shape index (κ3) is 2.52. The van der Waals surface area contributed by atoms with E-state index in [1.165, 1.54) is 18.2 Å². The average Bonchev–Trinajstić information content (AvgIpc) is 2.34. The molecule has 0 spiro atoms. The maximum Gasteiger partial charge on any atom is 0.416 e. The third-order valence-electron chi connectivity index (χ3n) is 2.81. The highest BCUT2D eigenvalue weighted by molar-refractivity contribution is 6.43. The lowest BCUT2D eigenvalue weighted by molar-refractivity contribution is -0.137. The summed E-state index contributed by atoms with van der Waals surface area (Å²) < 4.78 is 37.9. The number of allylic oxidation sites excluding steroid dienone is 2. The van der Waals surface area contributed by atoms with Gasteiger partial charge in [0.1, 0.15) is 0 Å². The molecule has 0 saturated carbocycles. The molecule has 0 aliphatic carbocycles. The summed E-state index contributed by atoms with van der Waals surface area (Å²) in [5, 5.41) is 0. The Morgan fingerprint density at radius 2 is 1.89 bits per heavy atom. The van der Waals surface area contributed by atoms with Crippen molar-refractivity contribution in [3.05, 3.63) is 41.6 Å². The minimum atomic E-state index is -4.49. The number of benzene rings is 1. The summed E-state index contributed by atoms with van der Waals surface area (Å²) in [4.78, 5) is 24.1. The van der Waals surface area contributed by atoms with Gasteiger partial charge in [0.05, 0.1) is 5.56 Å². The highest BCUT2D eigenvalue weighted by atomic mass is 19.4. The smallest absolute Gasteiger partial charge is 0.288 e. The lowest BCUT2D eigenvalue weighted by Gasteiger charge is -2.26. The van der Waals surface area contributed by atoms with Crippen molar-refractivity contribution in [3.63, 3.8) is 0 Å². The van der Waals surface area contributed by atoms with Gasteiger partial charge in [-0.15, -0.1) is 0 Å². The molecular weight excluding hydrogens is 259 g/mol. The fraction of sp³-hybridized carbons (Fsp3) is 0.231. The van der Waals surface area contributed by atoms with Gasteiger partial charge in [-0.3, -0.25) is 14.5 Å². The van der Waals surface area contributed by atoms with Gasteiger partial charge in [0.15, 0.2) is 0 Å². The van der Waals surface area contributed by atoms with Crippen LogP contribution in [0.25, 0.3) is 0 Å². The van der Waals surface area contributed by atoms with Crippen LogP contribution in [-0.4, -0.2) is 11.7 Å². The van der Waals surface area contributed by atoms with Crippen LogP contribution in [0.3, 0.4) is 0 Å². The lowest BCUT2D eigenvalue weighted by atomic mass is 10.1. The number of carbonyl (C=O) groups is 2. The Labute approximate surface area is 107 Å². The topological polar surface area (TPSA) is 37.4 Å². The number of amides is 1. The predicted octanol–water partition coefficient (Wildman–Crippen LogP) is 2.92. The molecule has 3 nitrogen and oxygen atoms in total. The molecule has 0 unspecified atom stereocenters. The fourth-order valence-corrected chi connectivity index (χ4v) is 1.85. The second-order valence-corrected chi connectivity index (χ2v) is 4.16. The number of alkyl halides is 3. The van der Waals surface area contributed by atoms with Gasteiger partial charge in [-0.1, -0.05) is 12.1 Å². The molecule has 1 aromatic rings. The number of hydrogen-bond donors (Lipinski definition) is 0. The Kier molecular flexibility index (Phi) is 3.18. The second-order valence-electron chi connectivity index (χ2n) is 4.16. The van der Waals surface area contributed by atoms with Crippen LogP contribution in [0.15, 0.2) is 36.0 Å². The van der Waals surface area contributed by atoms with Crippen molar-refractivity contribution in [1.82, 2.24) is 0 Å². The number of ketones is 1. The van der Waals surface area contributed by atoms with E-state index in [0.29, 0.717) is 5.70 Å². The zero-order chi connectivity index (χ0) is 14.2. The molecule has 1 aliphatic rings. The van der Waals surface area contributed by atoms with E-state index in [-0.39, 0.29) is 12.1 Å². The Morgan fingerprint density at radius 1 is 1.21 bits per heavy atom. The van der Waals surface area contributed by atoms with E-state index in [1.54, 1.807) is 6.92 Å². The molecule has 1 heterocycles. The van der Waals surface area contributed by atoms with E-state index in [9.17, 15) is 22.8 Å². The molecule has 0 aromatic heterocycles. The molecular formula is C13H10F3NO2. The molecule has 0 N–H and O–H groups in total. The molecule has 0 radical (unpaired) electrons. The zero-order valence-corrected chi connectivity index (χ0v) is 9.99. The van der Waals surface area contributed by atoms with E-state index >= 15 is 0 Å². The van der Waals surface area contributed by atoms with E-state index in [4.69, 9.17) is 0 Å². The van der Waals surface area contributed by atoms with Gasteiger partial charge in [-0.05, 0) is 25.1 Å². The molecule has 0 bridgehead atoms. The number of anilines is 1. The summed E-state index contributed by atoms with van der Waals surface area (Å²) in [7, 11) is 0. The van der Waals surface area contributed by atoms with Crippen LogP contribution in [0.4, 0.5) is 18.9 Å². The highest BCUT2D eigenvalue weighted by Gasteiger charge is 2.33.